The first-order chi connectivity index (χ1) is 10.1. The van der Waals surface area contributed by atoms with E-state index in [1.165, 1.54) is 12.1 Å². The fourth-order valence-corrected chi connectivity index (χ4v) is 2.63. The minimum absolute atomic E-state index is 0.119. The Labute approximate surface area is 123 Å². The van der Waals surface area contributed by atoms with E-state index in [-0.39, 0.29) is 18.0 Å². The first-order valence-electron chi connectivity index (χ1n) is 7.13. The van der Waals surface area contributed by atoms with Gasteiger partial charge in [0.1, 0.15) is 17.7 Å². The van der Waals surface area contributed by atoms with Gasteiger partial charge in [0.25, 0.3) is 0 Å². The fraction of sp³-hybridized carbons (Fsp3) is 0.467. The Balaban J connectivity index is 1.72. The number of nitrogens with one attached hydrogen (secondary N) is 1. The average molecular weight is 290 g/mol. The maximum absolute atomic E-state index is 13.0. The van der Waals surface area contributed by atoms with Crippen molar-refractivity contribution in [3.8, 4) is 0 Å². The summed E-state index contributed by atoms with van der Waals surface area (Å²) in [5, 5.41) is 7.03. The minimum atomic E-state index is -0.206. The summed E-state index contributed by atoms with van der Waals surface area (Å²) in [5.74, 6) is 1.28. The summed E-state index contributed by atoms with van der Waals surface area (Å²) in [6.45, 7) is 6.22. The van der Waals surface area contributed by atoms with Crippen LogP contribution in [0.2, 0.25) is 0 Å². The molecule has 0 amide bonds. The summed E-state index contributed by atoms with van der Waals surface area (Å²) in [6.07, 6.45) is -0.119. The number of rotatable bonds is 3. The van der Waals surface area contributed by atoms with Crippen molar-refractivity contribution in [2.75, 3.05) is 19.7 Å². The SMILES string of the molecule is Cc1nc([C@H]2CN([C@H](C)c3ccc(F)cc3)CCO2)n[nH]1. The smallest absolute Gasteiger partial charge is 0.180 e. The van der Waals surface area contributed by atoms with Crippen LogP contribution in [0.4, 0.5) is 4.39 Å². The summed E-state index contributed by atoms with van der Waals surface area (Å²) < 4.78 is 18.8. The first-order valence-corrected chi connectivity index (χ1v) is 7.13. The van der Waals surface area contributed by atoms with Crippen LogP contribution in [0, 0.1) is 12.7 Å². The molecule has 0 spiro atoms. The zero-order valence-corrected chi connectivity index (χ0v) is 12.2. The van der Waals surface area contributed by atoms with Gasteiger partial charge in [0.05, 0.1) is 6.61 Å². The molecule has 1 aromatic heterocycles. The Bertz CT molecular complexity index is 598. The number of hydrogen-bond acceptors (Lipinski definition) is 4. The molecule has 0 radical (unpaired) electrons. The predicted molar refractivity (Wildman–Crippen MR) is 76.2 cm³/mol. The van der Waals surface area contributed by atoms with Crippen molar-refractivity contribution < 1.29 is 9.13 Å². The maximum atomic E-state index is 13.0. The highest BCUT2D eigenvalue weighted by Gasteiger charge is 2.28. The molecule has 5 nitrogen and oxygen atoms in total. The van der Waals surface area contributed by atoms with Gasteiger partial charge in [-0.05, 0) is 31.5 Å². The number of ether oxygens (including phenoxy) is 1. The van der Waals surface area contributed by atoms with Crippen LogP contribution in [-0.2, 0) is 4.74 Å². The topological polar surface area (TPSA) is 54.0 Å². The molecule has 6 heteroatoms. The molecule has 1 aromatic carbocycles. The zero-order valence-electron chi connectivity index (χ0n) is 12.2. The van der Waals surface area contributed by atoms with Gasteiger partial charge in [-0.3, -0.25) is 10.00 Å². The van der Waals surface area contributed by atoms with Gasteiger partial charge in [0.2, 0.25) is 0 Å². The molecule has 1 saturated heterocycles. The Hall–Kier alpha value is -1.79. The van der Waals surface area contributed by atoms with E-state index < -0.39 is 0 Å². The third-order valence-corrected chi connectivity index (χ3v) is 3.90. The third-order valence-electron chi connectivity index (χ3n) is 3.90. The van der Waals surface area contributed by atoms with Gasteiger partial charge < -0.3 is 4.74 Å². The number of aryl methyl sites for hydroxylation is 1. The summed E-state index contributed by atoms with van der Waals surface area (Å²) in [7, 11) is 0. The van der Waals surface area contributed by atoms with Crippen LogP contribution in [0.25, 0.3) is 0 Å². The lowest BCUT2D eigenvalue weighted by atomic mass is 10.1. The lowest BCUT2D eigenvalue weighted by Gasteiger charge is -2.36. The molecular weight excluding hydrogens is 271 g/mol. The first kappa shape index (κ1) is 14.2. The molecule has 1 aliphatic rings. The molecule has 2 aromatic rings. The minimum Gasteiger partial charge on any atom is -0.367 e. The van der Waals surface area contributed by atoms with Crippen molar-refractivity contribution in [1.29, 1.82) is 0 Å². The second-order valence-corrected chi connectivity index (χ2v) is 5.36. The van der Waals surface area contributed by atoms with Gasteiger partial charge in [0, 0.05) is 19.1 Å². The zero-order chi connectivity index (χ0) is 14.8. The highest BCUT2D eigenvalue weighted by Crippen LogP contribution is 2.27. The highest BCUT2D eigenvalue weighted by atomic mass is 19.1. The van der Waals surface area contributed by atoms with E-state index in [1.807, 2.05) is 19.1 Å². The van der Waals surface area contributed by atoms with Gasteiger partial charge in [-0.1, -0.05) is 12.1 Å². The van der Waals surface area contributed by atoms with Gasteiger partial charge in [-0.2, -0.15) is 5.10 Å². The standard InChI is InChI=1S/C15H19FN4O/c1-10(12-3-5-13(16)6-4-12)20-7-8-21-14(9-20)15-17-11(2)18-19-15/h3-6,10,14H,7-9H2,1-2H3,(H,17,18,19)/t10-,14-/m1/s1. The van der Waals surface area contributed by atoms with Crippen LogP contribution in [0.5, 0.6) is 0 Å². The van der Waals surface area contributed by atoms with E-state index in [4.69, 9.17) is 4.74 Å². The number of nitrogens with zero attached hydrogens (tertiary/aromatic N) is 3. The summed E-state index contributed by atoms with van der Waals surface area (Å²) in [6, 6.07) is 6.88. The molecule has 112 valence electrons. The molecule has 21 heavy (non-hydrogen) atoms. The molecule has 1 fully saturated rings. The molecule has 0 bridgehead atoms. The highest BCUT2D eigenvalue weighted by molar-refractivity contribution is 5.19. The van der Waals surface area contributed by atoms with Gasteiger partial charge in [0.15, 0.2) is 5.82 Å². The number of H-pyrrole nitrogens is 1. The molecule has 2 atom stereocenters. The van der Waals surface area contributed by atoms with Crippen molar-refractivity contribution >= 4 is 0 Å². The molecule has 0 unspecified atom stereocenters. The van der Waals surface area contributed by atoms with Crippen LogP contribution in [0.15, 0.2) is 24.3 Å². The van der Waals surface area contributed by atoms with E-state index in [2.05, 4.69) is 27.0 Å². The monoisotopic (exact) mass is 290 g/mol. The second-order valence-electron chi connectivity index (χ2n) is 5.36. The fourth-order valence-electron chi connectivity index (χ4n) is 2.63. The Morgan fingerprint density at radius 3 is 2.81 bits per heavy atom. The largest absolute Gasteiger partial charge is 0.367 e. The van der Waals surface area contributed by atoms with Crippen LogP contribution in [-0.4, -0.2) is 39.8 Å². The van der Waals surface area contributed by atoms with Crippen molar-refractivity contribution in [1.82, 2.24) is 20.1 Å². The summed E-state index contributed by atoms with van der Waals surface area (Å²) >= 11 is 0. The molecule has 1 N–H and O–H groups in total. The summed E-state index contributed by atoms with van der Waals surface area (Å²) in [5.41, 5.74) is 1.10. The van der Waals surface area contributed by atoms with Crippen LogP contribution in [0.1, 0.15) is 36.3 Å². The Morgan fingerprint density at radius 2 is 2.14 bits per heavy atom. The molecule has 0 saturated carbocycles. The van der Waals surface area contributed by atoms with E-state index in [0.717, 1.165) is 24.5 Å². The van der Waals surface area contributed by atoms with E-state index in [0.29, 0.717) is 12.4 Å². The Kier molecular flexibility index (Phi) is 3.98. The molecule has 2 heterocycles. The third kappa shape index (κ3) is 3.11. The quantitative estimate of drug-likeness (QED) is 0.943. The van der Waals surface area contributed by atoms with E-state index in [9.17, 15) is 4.39 Å². The van der Waals surface area contributed by atoms with Gasteiger partial charge in [-0.15, -0.1) is 0 Å². The predicted octanol–water partition coefficient (Wildman–Crippen LogP) is 2.39. The Morgan fingerprint density at radius 1 is 1.38 bits per heavy atom. The van der Waals surface area contributed by atoms with Crippen molar-refractivity contribution in [3.05, 3.63) is 47.3 Å². The van der Waals surface area contributed by atoms with E-state index >= 15 is 0 Å². The maximum Gasteiger partial charge on any atom is 0.180 e. The number of aromatic nitrogens is 3. The lowest BCUT2D eigenvalue weighted by Crippen LogP contribution is -2.40. The van der Waals surface area contributed by atoms with Crippen molar-refractivity contribution in [3.63, 3.8) is 0 Å². The molecular formula is C15H19FN4O. The van der Waals surface area contributed by atoms with Gasteiger partial charge in [-0.25, -0.2) is 9.37 Å². The summed E-state index contributed by atoms with van der Waals surface area (Å²) in [4.78, 5) is 6.66. The normalized spacial score (nSPS) is 21.4. The molecule has 3 rings (SSSR count). The average Bonchev–Trinajstić information content (AvgIpc) is 2.94. The molecule has 0 aliphatic carbocycles. The number of halogens is 1. The molecule has 1 aliphatic heterocycles. The van der Waals surface area contributed by atoms with Gasteiger partial charge >= 0.3 is 0 Å². The van der Waals surface area contributed by atoms with E-state index in [1.54, 1.807) is 0 Å². The van der Waals surface area contributed by atoms with Crippen LogP contribution in [0.3, 0.4) is 0 Å². The van der Waals surface area contributed by atoms with Crippen molar-refractivity contribution in [2.45, 2.75) is 26.0 Å². The number of hydrogen-bond donors (Lipinski definition) is 1. The van der Waals surface area contributed by atoms with Crippen LogP contribution >= 0.6 is 0 Å². The number of morpholine rings is 1. The lowest BCUT2D eigenvalue weighted by molar-refractivity contribution is -0.0470. The second kappa shape index (κ2) is 5.91. The number of benzene rings is 1. The van der Waals surface area contributed by atoms with Crippen molar-refractivity contribution in [2.24, 2.45) is 0 Å². The van der Waals surface area contributed by atoms with Crippen LogP contribution < -0.4 is 0 Å². The number of aromatic amines is 1.